The van der Waals surface area contributed by atoms with Gasteiger partial charge in [-0.05, 0) is 17.7 Å². The molecule has 2 rings (SSSR count). The van der Waals surface area contributed by atoms with Crippen molar-refractivity contribution in [1.82, 2.24) is 0 Å². The molecule has 0 aliphatic heterocycles. The second-order valence-corrected chi connectivity index (χ2v) is 5.97. The largest absolute Gasteiger partial charge is 0.382 e. The van der Waals surface area contributed by atoms with Crippen LogP contribution in [0.25, 0.3) is 0 Å². The molecule has 0 bridgehead atoms. The summed E-state index contributed by atoms with van der Waals surface area (Å²) in [5.74, 6) is 0. The first-order valence-electron chi connectivity index (χ1n) is 6.15. The summed E-state index contributed by atoms with van der Waals surface area (Å²) in [6.07, 6.45) is 0. The zero-order valence-electron chi connectivity index (χ0n) is 10.9. The Hall–Kier alpha value is -1.89. The summed E-state index contributed by atoms with van der Waals surface area (Å²) in [7, 11) is -3.75. The minimum atomic E-state index is -3.75. The molecular formula is C14H17N3O2S. The molecule has 0 radical (unpaired) electrons. The molecule has 106 valence electrons. The highest BCUT2D eigenvalue weighted by atomic mass is 32.2. The monoisotopic (exact) mass is 291 g/mol. The van der Waals surface area contributed by atoms with Gasteiger partial charge in [-0.3, -0.25) is 0 Å². The van der Waals surface area contributed by atoms with E-state index in [4.69, 9.17) is 10.9 Å². The normalized spacial score (nSPS) is 12.9. The van der Waals surface area contributed by atoms with Gasteiger partial charge in [0.15, 0.2) is 0 Å². The maximum absolute atomic E-state index is 11.5. The van der Waals surface area contributed by atoms with Crippen LogP contribution in [0.15, 0.2) is 59.5 Å². The van der Waals surface area contributed by atoms with Gasteiger partial charge in [0.1, 0.15) is 4.90 Å². The lowest BCUT2D eigenvalue weighted by molar-refractivity contribution is 0.598. The number of primary sulfonamides is 1. The fourth-order valence-corrected chi connectivity index (χ4v) is 2.61. The van der Waals surface area contributed by atoms with Crippen LogP contribution in [-0.2, 0) is 10.0 Å². The molecule has 1 atom stereocenters. The molecule has 5 nitrogen and oxygen atoms in total. The Balaban J connectivity index is 2.12. The number of nitrogens with two attached hydrogens (primary N) is 2. The molecule has 0 amide bonds. The van der Waals surface area contributed by atoms with E-state index in [1.165, 1.54) is 6.07 Å². The highest BCUT2D eigenvalue weighted by Crippen LogP contribution is 2.20. The zero-order chi connectivity index (χ0) is 14.6. The zero-order valence-corrected chi connectivity index (χ0v) is 11.7. The fraction of sp³-hybridized carbons (Fsp3) is 0.143. The van der Waals surface area contributed by atoms with Crippen LogP contribution in [0.2, 0.25) is 0 Å². The number of hydrogen-bond donors (Lipinski definition) is 3. The van der Waals surface area contributed by atoms with Gasteiger partial charge in [-0.15, -0.1) is 0 Å². The molecule has 0 aromatic heterocycles. The summed E-state index contributed by atoms with van der Waals surface area (Å²) in [6, 6.07) is 15.9. The van der Waals surface area contributed by atoms with Gasteiger partial charge in [-0.25, -0.2) is 13.6 Å². The van der Waals surface area contributed by atoms with E-state index in [0.717, 1.165) is 5.56 Å². The number of para-hydroxylation sites is 1. The first kappa shape index (κ1) is 14.5. The molecule has 2 aromatic rings. The van der Waals surface area contributed by atoms with E-state index in [0.29, 0.717) is 12.2 Å². The third-order valence-corrected chi connectivity index (χ3v) is 3.90. The van der Waals surface area contributed by atoms with Gasteiger partial charge < -0.3 is 11.1 Å². The van der Waals surface area contributed by atoms with Crippen molar-refractivity contribution in [3.05, 3.63) is 60.2 Å². The first-order valence-corrected chi connectivity index (χ1v) is 7.69. The van der Waals surface area contributed by atoms with Crippen molar-refractivity contribution in [2.45, 2.75) is 10.9 Å². The number of anilines is 1. The standard InChI is InChI=1S/C14H17N3O2S/c15-12(11-6-2-1-3-7-11)10-17-13-8-4-5-9-14(13)20(16,18)19/h1-9,12,17H,10,15H2,(H2,16,18,19). The fourth-order valence-electron chi connectivity index (χ4n) is 1.90. The van der Waals surface area contributed by atoms with Gasteiger partial charge in [0, 0.05) is 12.6 Å². The number of nitrogens with one attached hydrogen (secondary N) is 1. The molecule has 0 saturated heterocycles. The Labute approximate surface area is 118 Å². The molecule has 0 fully saturated rings. The minimum absolute atomic E-state index is 0.0697. The number of benzene rings is 2. The quantitative estimate of drug-likeness (QED) is 0.776. The molecule has 0 heterocycles. The molecule has 6 heteroatoms. The summed E-state index contributed by atoms with van der Waals surface area (Å²) in [5.41, 5.74) is 7.50. The van der Waals surface area contributed by atoms with E-state index in [2.05, 4.69) is 5.32 Å². The topological polar surface area (TPSA) is 98.2 Å². The Kier molecular flexibility index (Phi) is 4.39. The molecule has 0 spiro atoms. The third-order valence-electron chi connectivity index (χ3n) is 2.93. The van der Waals surface area contributed by atoms with Crippen LogP contribution in [0, 0.1) is 0 Å². The summed E-state index contributed by atoms with van der Waals surface area (Å²) < 4.78 is 22.9. The molecule has 20 heavy (non-hydrogen) atoms. The van der Waals surface area contributed by atoms with Crippen LogP contribution in [0.5, 0.6) is 0 Å². The van der Waals surface area contributed by atoms with Crippen molar-refractivity contribution in [1.29, 1.82) is 0 Å². The highest BCUT2D eigenvalue weighted by molar-refractivity contribution is 7.89. The van der Waals surface area contributed by atoms with E-state index in [1.807, 2.05) is 30.3 Å². The Morgan fingerprint density at radius 3 is 2.25 bits per heavy atom. The summed E-state index contributed by atoms with van der Waals surface area (Å²) >= 11 is 0. The first-order chi connectivity index (χ1) is 9.48. The molecule has 1 unspecified atom stereocenters. The Morgan fingerprint density at radius 1 is 1.00 bits per heavy atom. The molecule has 2 aromatic carbocycles. The predicted octanol–water partition coefficient (Wildman–Crippen LogP) is 1.45. The smallest absolute Gasteiger partial charge is 0.240 e. The Morgan fingerprint density at radius 2 is 1.60 bits per heavy atom. The van der Waals surface area contributed by atoms with Gasteiger partial charge in [0.25, 0.3) is 0 Å². The molecule has 0 aliphatic carbocycles. The molecule has 0 saturated carbocycles. The van der Waals surface area contributed by atoms with E-state index in [-0.39, 0.29) is 10.9 Å². The van der Waals surface area contributed by atoms with E-state index in [1.54, 1.807) is 18.2 Å². The van der Waals surface area contributed by atoms with Crippen LogP contribution < -0.4 is 16.2 Å². The van der Waals surface area contributed by atoms with Crippen molar-refractivity contribution >= 4 is 15.7 Å². The average Bonchev–Trinajstić information content (AvgIpc) is 2.45. The van der Waals surface area contributed by atoms with Gasteiger partial charge >= 0.3 is 0 Å². The summed E-state index contributed by atoms with van der Waals surface area (Å²) in [4.78, 5) is 0.0697. The maximum Gasteiger partial charge on any atom is 0.240 e. The van der Waals surface area contributed by atoms with Crippen molar-refractivity contribution < 1.29 is 8.42 Å². The molecular weight excluding hydrogens is 274 g/mol. The van der Waals surface area contributed by atoms with Crippen molar-refractivity contribution in [3.63, 3.8) is 0 Å². The highest BCUT2D eigenvalue weighted by Gasteiger charge is 2.13. The van der Waals surface area contributed by atoms with Gasteiger partial charge in [-0.2, -0.15) is 0 Å². The average molecular weight is 291 g/mol. The van der Waals surface area contributed by atoms with E-state index >= 15 is 0 Å². The Bertz CT molecular complexity index is 672. The third kappa shape index (κ3) is 3.57. The van der Waals surface area contributed by atoms with Crippen LogP contribution in [0.4, 0.5) is 5.69 Å². The summed E-state index contributed by atoms with van der Waals surface area (Å²) in [6.45, 7) is 0.413. The SMILES string of the molecule is NC(CNc1ccccc1S(N)(=O)=O)c1ccccc1. The van der Waals surface area contributed by atoms with Crippen LogP contribution in [0.3, 0.4) is 0 Å². The van der Waals surface area contributed by atoms with Gasteiger partial charge in [-0.1, -0.05) is 42.5 Å². The van der Waals surface area contributed by atoms with Crippen molar-refractivity contribution in [3.8, 4) is 0 Å². The maximum atomic E-state index is 11.5. The summed E-state index contributed by atoms with van der Waals surface area (Å²) in [5, 5.41) is 8.21. The lowest BCUT2D eigenvalue weighted by Crippen LogP contribution is -2.22. The second-order valence-electron chi connectivity index (χ2n) is 4.44. The minimum Gasteiger partial charge on any atom is -0.382 e. The van der Waals surface area contributed by atoms with Crippen LogP contribution >= 0.6 is 0 Å². The van der Waals surface area contributed by atoms with Gasteiger partial charge in [0.2, 0.25) is 10.0 Å². The van der Waals surface area contributed by atoms with Crippen LogP contribution in [0.1, 0.15) is 11.6 Å². The van der Waals surface area contributed by atoms with Crippen molar-refractivity contribution in [2.75, 3.05) is 11.9 Å². The number of rotatable bonds is 5. The lowest BCUT2D eigenvalue weighted by atomic mass is 10.1. The number of hydrogen-bond acceptors (Lipinski definition) is 4. The number of sulfonamides is 1. The van der Waals surface area contributed by atoms with Crippen molar-refractivity contribution in [2.24, 2.45) is 10.9 Å². The van der Waals surface area contributed by atoms with E-state index in [9.17, 15) is 8.42 Å². The van der Waals surface area contributed by atoms with Crippen LogP contribution in [-0.4, -0.2) is 15.0 Å². The second kappa shape index (κ2) is 6.04. The lowest BCUT2D eigenvalue weighted by Gasteiger charge is -2.15. The predicted molar refractivity (Wildman–Crippen MR) is 79.7 cm³/mol. The molecule has 5 N–H and O–H groups in total. The van der Waals surface area contributed by atoms with Gasteiger partial charge in [0.05, 0.1) is 5.69 Å². The van der Waals surface area contributed by atoms with E-state index < -0.39 is 10.0 Å². The molecule has 0 aliphatic rings.